The Balaban J connectivity index is 2.53. The number of rotatable bonds is 5. The summed E-state index contributed by atoms with van der Waals surface area (Å²) in [5.41, 5.74) is 0.292. The molecule has 0 bridgehead atoms. The van der Waals surface area contributed by atoms with Gasteiger partial charge in [0.25, 0.3) is 0 Å². The average Bonchev–Trinajstić information content (AvgIpc) is 2.73. The van der Waals surface area contributed by atoms with Gasteiger partial charge in [-0.1, -0.05) is 0 Å². The molecule has 0 aliphatic heterocycles. The van der Waals surface area contributed by atoms with Crippen molar-refractivity contribution in [2.45, 2.75) is 12.2 Å². The highest BCUT2D eigenvalue weighted by atomic mass is 32.2. The van der Waals surface area contributed by atoms with E-state index in [1.54, 1.807) is 11.6 Å². The van der Waals surface area contributed by atoms with Crippen molar-refractivity contribution in [1.82, 2.24) is 4.98 Å². The minimum absolute atomic E-state index is 0.0467. The Kier molecular flexibility index (Phi) is 4.88. The second kappa shape index (κ2) is 5.95. The molecule has 1 rings (SSSR count). The fraction of sp³-hybridized carbons (Fsp3) is 0.556. The topological polar surface area (TPSA) is 68.3 Å². The first-order chi connectivity index (χ1) is 7.54. The summed E-state index contributed by atoms with van der Waals surface area (Å²) >= 11 is 1.32. The van der Waals surface area contributed by atoms with E-state index in [1.165, 1.54) is 18.4 Å². The van der Waals surface area contributed by atoms with Crippen LogP contribution in [0.5, 0.6) is 0 Å². The molecule has 0 amide bonds. The van der Waals surface area contributed by atoms with Crippen LogP contribution in [0.2, 0.25) is 0 Å². The Morgan fingerprint density at radius 3 is 3.00 bits per heavy atom. The molecule has 1 aromatic heterocycles. The number of methoxy groups -OCH3 is 1. The van der Waals surface area contributed by atoms with Crippen molar-refractivity contribution >= 4 is 33.2 Å². The standard InChI is InChI=1S/C9H14N2O3S2/c1-6(16(3)13)4-10-9-11-7(5-15-9)8(12)14-2/h5-6H,4H2,1-3H3,(H,10,11). The third-order valence-electron chi connectivity index (χ3n) is 2.01. The minimum Gasteiger partial charge on any atom is -0.464 e. The predicted molar refractivity (Wildman–Crippen MR) is 65.5 cm³/mol. The van der Waals surface area contributed by atoms with Gasteiger partial charge in [0.15, 0.2) is 10.8 Å². The van der Waals surface area contributed by atoms with Crippen molar-refractivity contribution in [1.29, 1.82) is 0 Å². The molecule has 1 heterocycles. The Hall–Kier alpha value is -0.950. The summed E-state index contributed by atoms with van der Waals surface area (Å²) < 4.78 is 15.6. The van der Waals surface area contributed by atoms with Crippen LogP contribution in [0.25, 0.3) is 0 Å². The zero-order chi connectivity index (χ0) is 12.1. The average molecular weight is 262 g/mol. The zero-order valence-corrected chi connectivity index (χ0v) is 11.0. The van der Waals surface area contributed by atoms with E-state index in [4.69, 9.17) is 0 Å². The van der Waals surface area contributed by atoms with E-state index in [2.05, 4.69) is 15.0 Å². The number of thiazole rings is 1. The van der Waals surface area contributed by atoms with Crippen molar-refractivity contribution in [2.24, 2.45) is 0 Å². The lowest BCUT2D eigenvalue weighted by Crippen LogP contribution is -2.20. The van der Waals surface area contributed by atoms with Gasteiger partial charge in [0, 0.05) is 34.2 Å². The fourth-order valence-corrected chi connectivity index (χ4v) is 1.91. The lowest BCUT2D eigenvalue weighted by molar-refractivity contribution is 0.0595. The Labute approximate surface area is 101 Å². The molecule has 0 saturated carbocycles. The number of nitrogens with zero attached hydrogens (tertiary/aromatic N) is 1. The highest BCUT2D eigenvalue weighted by molar-refractivity contribution is 7.84. The van der Waals surface area contributed by atoms with Crippen LogP contribution in [-0.2, 0) is 15.5 Å². The molecular weight excluding hydrogens is 248 g/mol. The summed E-state index contributed by atoms with van der Waals surface area (Å²) in [6, 6.07) is 0. The van der Waals surface area contributed by atoms with Gasteiger partial charge in [0.1, 0.15) is 0 Å². The maximum absolute atomic E-state index is 11.1. The first kappa shape index (κ1) is 13.1. The summed E-state index contributed by atoms with van der Waals surface area (Å²) in [7, 11) is 0.452. The van der Waals surface area contributed by atoms with Gasteiger partial charge in [-0.2, -0.15) is 0 Å². The largest absolute Gasteiger partial charge is 0.464 e. The van der Waals surface area contributed by atoms with E-state index in [-0.39, 0.29) is 5.25 Å². The van der Waals surface area contributed by atoms with Gasteiger partial charge in [-0.3, -0.25) is 4.21 Å². The molecule has 0 saturated heterocycles. The number of carbonyl (C=O) groups is 1. The second-order valence-electron chi connectivity index (χ2n) is 3.22. The number of nitrogens with one attached hydrogen (secondary N) is 1. The van der Waals surface area contributed by atoms with Crippen molar-refractivity contribution in [3.05, 3.63) is 11.1 Å². The Bertz CT molecular complexity index is 392. The number of ether oxygens (including phenoxy) is 1. The first-order valence-corrected chi connectivity index (χ1v) is 7.14. The van der Waals surface area contributed by atoms with E-state index in [0.717, 1.165) is 0 Å². The highest BCUT2D eigenvalue weighted by Crippen LogP contribution is 2.16. The molecule has 1 N–H and O–H groups in total. The number of hydrogen-bond acceptors (Lipinski definition) is 6. The van der Waals surface area contributed by atoms with E-state index >= 15 is 0 Å². The fourth-order valence-electron chi connectivity index (χ4n) is 0.902. The maximum Gasteiger partial charge on any atom is 0.357 e. The summed E-state index contributed by atoms with van der Waals surface area (Å²) in [5, 5.41) is 5.34. The lowest BCUT2D eigenvalue weighted by Gasteiger charge is -2.07. The van der Waals surface area contributed by atoms with Gasteiger partial charge in [-0.25, -0.2) is 9.78 Å². The van der Waals surface area contributed by atoms with Crippen LogP contribution < -0.4 is 5.32 Å². The van der Waals surface area contributed by atoms with E-state index in [9.17, 15) is 9.00 Å². The number of carbonyl (C=O) groups excluding carboxylic acids is 1. The zero-order valence-electron chi connectivity index (χ0n) is 9.35. The molecule has 0 aromatic carbocycles. The van der Waals surface area contributed by atoms with Crippen LogP contribution in [0.4, 0.5) is 5.13 Å². The molecule has 7 heteroatoms. The molecular formula is C9H14N2O3S2. The van der Waals surface area contributed by atoms with Crippen LogP contribution in [0, 0.1) is 0 Å². The second-order valence-corrected chi connectivity index (χ2v) is 5.88. The quantitative estimate of drug-likeness (QED) is 0.805. The van der Waals surface area contributed by atoms with Gasteiger partial charge in [-0.15, -0.1) is 11.3 Å². The summed E-state index contributed by atoms with van der Waals surface area (Å²) in [5.74, 6) is -0.448. The molecule has 0 aliphatic rings. The van der Waals surface area contributed by atoms with Gasteiger partial charge in [0.05, 0.1) is 7.11 Å². The van der Waals surface area contributed by atoms with E-state index in [0.29, 0.717) is 17.4 Å². The van der Waals surface area contributed by atoms with Crippen LogP contribution in [0.1, 0.15) is 17.4 Å². The van der Waals surface area contributed by atoms with E-state index < -0.39 is 16.8 Å². The molecule has 2 unspecified atom stereocenters. The lowest BCUT2D eigenvalue weighted by atomic mass is 10.5. The van der Waals surface area contributed by atoms with Crippen molar-refractivity contribution in [2.75, 3.05) is 25.2 Å². The van der Waals surface area contributed by atoms with Crippen LogP contribution in [0.3, 0.4) is 0 Å². The van der Waals surface area contributed by atoms with E-state index in [1.807, 2.05) is 6.92 Å². The summed E-state index contributed by atoms with van der Waals surface area (Å²) in [4.78, 5) is 15.2. The molecule has 0 spiro atoms. The van der Waals surface area contributed by atoms with Crippen molar-refractivity contribution < 1.29 is 13.7 Å². The number of hydrogen-bond donors (Lipinski definition) is 1. The normalized spacial score (nSPS) is 14.2. The Morgan fingerprint density at radius 1 is 1.75 bits per heavy atom. The SMILES string of the molecule is COC(=O)c1csc(NCC(C)S(C)=O)n1. The monoisotopic (exact) mass is 262 g/mol. The molecule has 16 heavy (non-hydrogen) atoms. The molecule has 5 nitrogen and oxygen atoms in total. The third-order valence-corrected chi connectivity index (χ3v) is 4.11. The van der Waals surface area contributed by atoms with Crippen molar-refractivity contribution in [3.8, 4) is 0 Å². The van der Waals surface area contributed by atoms with Crippen LogP contribution in [-0.4, -0.2) is 40.3 Å². The minimum atomic E-state index is -0.865. The van der Waals surface area contributed by atoms with Crippen LogP contribution >= 0.6 is 11.3 Å². The number of esters is 1. The van der Waals surface area contributed by atoms with Gasteiger partial charge in [-0.05, 0) is 6.92 Å². The summed E-state index contributed by atoms with van der Waals surface area (Å²) in [6.45, 7) is 2.45. The molecule has 0 radical (unpaired) electrons. The first-order valence-electron chi connectivity index (χ1n) is 4.64. The number of aromatic nitrogens is 1. The van der Waals surface area contributed by atoms with Gasteiger partial charge >= 0.3 is 5.97 Å². The van der Waals surface area contributed by atoms with Crippen molar-refractivity contribution in [3.63, 3.8) is 0 Å². The molecule has 0 fully saturated rings. The molecule has 1 aromatic rings. The molecule has 90 valence electrons. The third kappa shape index (κ3) is 3.57. The predicted octanol–water partition coefficient (Wildman–Crippen LogP) is 1.11. The van der Waals surface area contributed by atoms with Crippen LogP contribution in [0.15, 0.2) is 5.38 Å². The number of anilines is 1. The maximum atomic E-state index is 11.1. The smallest absolute Gasteiger partial charge is 0.357 e. The van der Waals surface area contributed by atoms with Gasteiger partial charge < -0.3 is 10.1 Å². The molecule has 0 aliphatic carbocycles. The Morgan fingerprint density at radius 2 is 2.44 bits per heavy atom. The summed E-state index contributed by atoms with van der Waals surface area (Å²) in [6.07, 6.45) is 1.66. The molecule has 2 atom stereocenters. The highest BCUT2D eigenvalue weighted by Gasteiger charge is 2.11. The van der Waals surface area contributed by atoms with Gasteiger partial charge in [0.2, 0.25) is 0 Å².